The Balaban J connectivity index is 1.24. The monoisotopic (exact) mass is 627 g/mol. The molecule has 2 heterocycles. The van der Waals surface area contributed by atoms with Crippen LogP contribution >= 0.6 is 0 Å². The molecule has 1 atom stereocenters. The van der Waals surface area contributed by atoms with Crippen LogP contribution in [0.2, 0.25) is 0 Å². The van der Waals surface area contributed by atoms with Gasteiger partial charge in [0.2, 0.25) is 5.95 Å². The van der Waals surface area contributed by atoms with E-state index in [-0.39, 0.29) is 17.2 Å². The van der Waals surface area contributed by atoms with E-state index in [9.17, 15) is 18.0 Å². The highest BCUT2D eigenvalue weighted by atomic mass is 19.4. The molecule has 1 aliphatic rings. The van der Waals surface area contributed by atoms with E-state index >= 15 is 0 Å². The standard InChI is InChI=1S/C35H36F3N7O/c1-3-4-18-45-19-8-10-26(23-45)25-9-7-11-28(20-25)40-21-24-14-16-27(17-15-24)42-34-41-22-30(35(36,37)38)32(44-34)43-31-13-6-5-12-29(31)33(46)39-2/h5-7,9,11-17,20,22,26,40H,8,10,18-19,21,23H2,1-2H3,(H,39,46)(H2,41,42,43,44). The van der Waals surface area contributed by atoms with Crippen LogP contribution in [0.1, 0.15) is 52.7 Å². The smallest absolute Gasteiger partial charge is 0.381 e. The van der Waals surface area contributed by atoms with Gasteiger partial charge in [-0.05, 0) is 79.8 Å². The molecule has 46 heavy (non-hydrogen) atoms. The van der Waals surface area contributed by atoms with Crippen LogP contribution in [0.5, 0.6) is 0 Å². The summed E-state index contributed by atoms with van der Waals surface area (Å²) in [7, 11) is 1.45. The van der Waals surface area contributed by atoms with Gasteiger partial charge in [-0.3, -0.25) is 9.69 Å². The van der Waals surface area contributed by atoms with E-state index in [1.165, 1.54) is 24.7 Å². The van der Waals surface area contributed by atoms with Gasteiger partial charge in [0.05, 0.1) is 17.8 Å². The number of aromatic nitrogens is 2. The molecule has 4 aromatic rings. The molecule has 3 aromatic carbocycles. The Morgan fingerprint density at radius 1 is 1.02 bits per heavy atom. The molecule has 0 saturated carbocycles. The molecule has 4 N–H and O–H groups in total. The Hall–Kier alpha value is -5.08. The Morgan fingerprint density at radius 3 is 2.59 bits per heavy atom. The molecule has 5 rings (SSSR count). The van der Waals surface area contributed by atoms with E-state index in [0.29, 0.717) is 18.2 Å². The van der Waals surface area contributed by atoms with Gasteiger partial charge in [0.25, 0.3) is 5.91 Å². The predicted molar refractivity (Wildman–Crippen MR) is 176 cm³/mol. The molecule has 0 spiro atoms. The molecule has 0 aliphatic carbocycles. The molecule has 0 bridgehead atoms. The van der Waals surface area contributed by atoms with Crippen LogP contribution in [-0.2, 0) is 12.7 Å². The topological polar surface area (TPSA) is 94.2 Å². The Kier molecular flexibility index (Phi) is 10.4. The first-order valence-corrected chi connectivity index (χ1v) is 15.1. The third kappa shape index (κ3) is 8.34. The zero-order valence-electron chi connectivity index (χ0n) is 25.7. The normalized spacial score (nSPS) is 14.9. The minimum absolute atomic E-state index is 0.0290. The largest absolute Gasteiger partial charge is 0.421 e. The highest BCUT2D eigenvalue weighted by molar-refractivity contribution is 6.00. The van der Waals surface area contributed by atoms with Gasteiger partial charge in [0.1, 0.15) is 11.4 Å². The number of alkyl halides is 3. The van der Waals surface area contributed by atoms with E-state index < -0.39 is 23.5 Å². The van der Waals surface area contributed by atoms with E-state index in [4.69, 9.17) is 0 Å². The van der Waals surface area contributed by atoms with Crippen molar-refractivity contribution in [3.63, 3.8) is 0 Å². The zero-order valence-corrected chi connectivity index (χ0v) is 25.7. The number of hydrogen-bond acceptors (Lipinski definition) is 7. The number of hydrogen-bond donors (Lipinski definition) is 4. The lowest BCUT2D eigenvalue weighted by Gasteiger charge is -2.31. The summed E-state index contributed by atoms with van der Waals surface area (Å²) >= 11 is 0. The van der Waals surface area contributed by atoms with E-state index in [0.717, 1.165) is 49.9 Å². The lowest BCUT2D eigenvalue weighted by Crippen LogP contribution is -2.34. The van der Waals surface area contributed by atoms with E-state index in [1.54, 1.807) is 12.1 Å². The number of halogens is 3. The zero-order chi connectivity index (χ0) is 32.5. The summed E-state index contributed by atoms with van der Waals surface area (Å²) < 4.78 is 41.4. The number of carbonyl (C=O) groups is 1. The van der Waals surface area contributed by atoms with Crippen molar-refractivity contribution in [2.24, 2.45) is 0 Å². The summed E-state index contributed by atoms with van der Waals surface area (Å²) in [6.45, 7) is 5.39. The van der Waals surface area contributed by atoms with Crippen molar-refractivity contribution in [2.45, 2.75) is 38.4 Å². The van der Waals surface area contributed by atoms with Gasteiger partial charge in [-0.2, -0.15) is 18.2 Å². The fourth-order valence-corrected chi connectivity index (χ4v) is 5.40. The molecule has 1 aliphatic heterocycles. The Labute approximate surface area is 266 Å². The molecule has 8 nitrogen and oxygen atoms in total. The Morgan fingerprint density at radius 2 is 1.83 bits per heavy atom. The van der Waals surface area contributed by atoms with Gasteiger partial charge in [0, 0.05) is 37.7 Å². The van der Waals surface area contributed by atoms with Crippen LogP contribution < -0.4 is 21.3 Å². The second-order valence-electron chi connectivity index (χ2n) is 11.0. The maximum absolute atomic E-state index is 13.8. The first-order valence-electron chi connectivity index (χ1n) is 15.1. The molecule has 1 saturated heterocycles. The number of anilines is 5. The van der Waals surface area contributed by atoms with Gasteiger partial charge in [0.15, 0.2) is 0 Å². The summed E-state index contributed by atoms with van der Waals surface area (Å²) in [6.07, 6.45) is -1.67. The highest BCUT2D eigenvalue weighted by Crippen LogP contribution is 2.36. The van der Waals surface area contributed by atoms with Crippen molar-refractivity contribution in [2.75, 3.05) is 42.6 Å². The number of benzene rings is 3. The van der Waals surface area contributed by atoms with Crippen molar-refractivity contribution >= 4 is 34.7 Å². The van der Waals surface area contributed by atoms with Crippen molar-refractivity contribution < 1.29 is 18.0 Å². The van der Waals surface area contributed by atoms with Crippen molar-refractivity contribution in [3.8, 4) is 11.8 Å². The molecule has 1 fully saturated rings. The number of likely N-dealkylation sites (tertiary alicyclic amines) is 1. The van der Waals surface area contributed by atoms with E-state index in [2.05, 4.69) is 72.2 Å². The molecule has 238 valence electrons. The quantitative estimate of drug-likeness (QED) is 0.139. The van der Waals surface area contributed by atoms with Crippen molar-refractivity contribution in [1.29, 1.82) is 0 Å². The molecular weight excluding hydrogens is 591 g/mol. The first kappa shape index (κ1) is 32.3. The van der Waals surface area contributed by atoms with Gasteiger partial charge >= 0.3 is 6.18 Å². The van der Waals surface area contributed by atoms with Crippen LogP contribution in [0.25, 0.3) is 0 Å². The first-order chi connectivity index (χ1) is 22.2. The fourth-order valence-electron chi connectivity index (χ4n) is 5.40. The highest BCUT2D eigenvalue weighted by Gasteiger charge is 2.35. The number of piperidine rings is 1. The molecule has 1 amide bonds. The van der Waals surface area contributed by atoms with Crippen LogP contribution in [-0.4, -0.2) is 47.5 Å². The third-order valence-corrected chi connectivity index (χ3v) is 7.80. The van der Waals surface area contributed by atoms with Crippen LogP contribution in [0.4, 0.5) is 42.0 Å². The summed E-state index contributed by atoms with van der Waals surface area (Å²) in [5.74, 6) is 5.70. The van der Waals surface area contributed by atoms with E-state index in [1.807, 2.05) is 31.2 Å². The Bertz CT molecular complexity index is 1710. The van der Waals surface area contributed by atoms with Crippen LogP contribution in [0.15, 0.2) is 79.0 Å². The molecule has 1 unspecified atom stereocenters. The molecular formula is C35H36F3N7O. The maximum atomic E-state index is 13.8. The fraction of sp³-hybridized carbons (Fsp3) is 0.286. The second-order valence-corrected chi connectivity index (χ2v) is 11.0. The lowest BCUT2D eigenvalue weighted by atomic mass is 9.90. The van der Waals surface area contributed by atoms with Gasteiger partial charge in [-0.25, -0.2) is 4.98 Å². The average molecular weight is 628 g/mol. The maximum Gasteiger partial charge on any atom is 0.421 e. The second kappa shape index (κ2) is 14.8. The molecule has 11 heteroatoms. The SMILES string of the molecule is CC#CCN1CCCC(c2cccc(NCc3ccc(Nc4ncc(C(F)(F)F)c(Nc5ccccc5C(=O)NC)n4)cc3)c2)C1. The van der Waals surface area contributed by atoms with Crippen molar-refractivity contribution in [1.82, 2.24) is 20.2 Å². The van der Waals surface area contributed by atoms with Gasteiger partial charge < -0.3 is 21.3 Å². The minimum Gasteiger partial charge on any atom is -0.381 e. The average Bonchev–Trinajstić information content (AvgIpc) is 3.07. The summed E-state index contributed by atoms with van der Waals surface area (Å²) in [5.41, 5.74) is 3.31. The number of para-hydroxylation sites is 1. The lowest BCUT2D eigenvalue weighted by molar-refractivity contribution is -0.137. The summed E-state index contributed by atoms with van der Waals surface area (Å²) in [4.78, 5) is 22.7. The molecule has 0 radical (unpaired) electrons. The summed E-state index contributed by atoms with van der Waals surface area (Å²) in [5, 5.41) is 11.6. The predicted octanol–water partition coefficient (Wildman–Crippen LogP) is 7.16. The third-order valence-electron chi connectivity index (χ3n) is 7.80. The summed E-state index contributed by atoms with van der Waals surface area (Å²) in [6, 6.07) is 22.3. The minimum atomic E-state index is -4.71. The number of nitrogens with one attached hydrogen (secondary N) is 4. The van der Waals surface area contributed by atoms with Crippen LogP contribution in [0, 0.1) is 11.8 Å². The van der Waals surface area contributed by atoms with Gasteiger partial charge in [-0.15, -0.1) is 5.92 Å². The number of carbonyl (C=O) groups excluding carboxylic acids is 1. The van der Waals surface area contributed by atoms with Crippen molar-refractivity contribution in [3.05, 3.63) is 101 Å². The number of rotatable bonds is 10. The molecule has 1 aromatic heterocycles. The van der Waals surface area contributed by atoms with Crippen LogP contribution in [0.3, 0.4) is 0 Å². The number of amides is 1. The van der Waals surface area contributed by atoms with Gasteiger partial charge in [-0.1, -0.05) is 42.3 Å². The number of nitrogens with zero attached hydrogens (tertiary/aromatic N) is 3.